The average Bonchev–Trinajstić information content (AvgIpc) is 1.30. The normalized spacial score (nSPS) is 19.2. The third kappa shape index (κ3) is 18.9. The number of aldehydes is 1. The minimum atomic E-state index is -4.64. The van der Waals surface area contributed by atoms with Crippen molar-refractivity contribution in [3.05, 3.63) is 83.6 Å². The molecule has 2 saturated carbocycles. The second-order valence-corrected chi connectivity index (χ2v) is 35.3. The van der Waals surface area contributed by atoms with Gasteiger partial charge in [-0.1, -0.05) is 31.8 Å². The van der Waals surface area contributed by atoms with Gasteiger partial charge in [0, 0.05) is 124 Å². The van der Waals surface area contributed by atoms with Gasteiger partial charge in [-0.25, -0.2) is 46.4 Å². The van der Waals surface area contributed by atoms with Gasteiger partial charge in [-0.15, -0.1) is 22.7 Å². The molecule has 6 heterocycles. The number of ether oxygens (including phenoxy) is 3. The van der Waals surface area contributed by atoms with Crippen molar-refractivity contribution in [3.63, 3.8) is 0 Å². The molecule has 6 aromatic rings. The van der Waals surface area contributed by atoms with E-state index in [0.29, 0.717) is 73.9 Å². The number of anilines is 4. The van der Waals surface area contributed by atoms with Crippen LogP contribution >= 0.6 is 22.7 Å². The van der Waals surface area contributed by atoms with Gasteiger partial charge < -0.3 is 40.5 Å². The number of aromatic nitrogens is 6. The first-order valence-electron chi connectivity index (χ1n) is 29.5. The van der Waals surface area contributed by atoms with E-state index < -0.39 is 40.6 Å². The molecule has 2 aromatic carbocycles. The number of aromatic amines is 1. The fourth-order valence-corrected chi connectivity index (χ4v) is 16.7. The van der Waals surface area contributed by atoms with Gasteiger partial charge in [0.2, 0.25) is 38.2 Å². The third-order valence-electron chi connectivity index (χ3n) is 15.0. The average molecular weight is 1320 g/mol. The highest BCUT2D eigenvalue weighted by molar-refractivity contribution is 7.89. The number of nitrogens with zero attached hydrogens (tertiary/aromatic N) is 7. The van der Waals surface area contributed by atoms with Crippen LogP contribution in [0.2, 0.25) is 25.7 Å². The lowest BCUT2D eigenvalue weighted by Gasteiger charge is -2.30. The molecule has 480 valence electrons. The zero-order chi connectivity index (χ0) is 63.4. The first kappa shape index (κ1) is 67.6. The van der Waals surface area contributed by atoms with E-state index in [9.17, 15) is 39.6 Å². The standard InChI is InChI=1S/C31H46N6O5S2Si.C25H32N6O4S2.C2HF3O/c1-22(2)42-31(38)35-24-9-7-23(8-10-24)29-33-20-27(43-29)26-12-11-25(19-28(26)44(39,40)37-14-6-15-37)34-30-32-13-16-36(30)21-41-17-18-45(3,4)5;1-16(2)35-25(32)30-18-6-4-17(5-7-18)23-28-15-21(36-23)20-9-8-19(29-24-26-10-11-27-24)14-22(20)37(33,34)31-12-3-13-31;3-2(4,5)1-6/h11-13,16,19-20,22-24H,6-10,14-15,17-18,21H2,1-5H3,(H,32,34)(H,35,38);8-11,14-18H,3-7,12-13H2,1-2H3,(H,30,32)(H2,26,27,29);1H. The lowest BCUT2D eigenvalue weighted by atomic mass is 9.86. The highest BCUT2D eigenvalue weighted by Crippen LogP contribution is 2.43. The Morgan fingerprint density at radius 2 is 1.17 bits per heavy atom. The molecular formula is C58H79F3N12O10S4Si. The molecule has 5 N–H and O–H groups in total. The maximum absolute atomic E-state index is 13.8. The van der Waals surface area contributed by atoms with Crippen molar-refractivity contribution in [2.75, 3.05) is 43.4 Å². The highest BCUT2D eigenvalue weighted by atomic mass is 32.2. The summed E-state index contributed by atoms with van der Waals surface area (Å²) in [7, 11) is -8.52. The van der Waals surface area contributed by atoms with E-state index >= 15 is 0 Å². The topological polar surface area (TPSA) is 274 Å². The number of imidazole rings is 2. The van der Waals surface area contributed by atoms with E-state index in [1.54, 1.807) is 65.8 Å². The zero-order valence-corrected chi connectivity index (χ0v) is 54.7. The lowest BCUT2D eigenvalue weighted by molar-refractivity contribution is -0.156. The zero-order valence-electron chi connectivity index (χ0n) is 50.5. The molecule has 0 atom stereocenters. The summed E-state index contributed by atoms with van der Waals surface area (Å²) in [5.74, 6) is 1.69. The number of carbonyl (C=O) groups is 3. The molecule has 22 nitrogen and oxygen atoms in total. The quantitative estimate of drug-likeness (QED) is 0.0254. The first-order chi connectivity index (χ1) is 41.7. The number of sulfonamides is 2. The Balaban J connectivity index is 0.000000212. The van der Waals surface area contributed by atoms with Gasteiger partial charge in [0.05, 0.1) is 41.8 Å². The number of alkyl halides is 3. The van der Waals surface area contributed by atoms with Crippen LogP contribution in [0.5, 0.6) is 0 Å². The van der Waals surface area contributed by atoms with Crippen molar-refractivity contribution in [2.45, 2.75) is 176 Å². The van der Waals surface area contributed by atoms with Gasteiger partial charge in [-0.3, -0.25) is 9.36 Å². The third-order valence-corrected chi connectivity index (χ3v) is 22.9. The number of alkyl carbamates (subject to hydrolysis) is 2. The molecule has 2 aliphatic heterocycles. The van der Waals surface area contributed by atoms with Gasteiger partial charge in [-0.2, -0.15) is 21.8 Å². The van der Waals surface area contributed by atoms with Crippen LogP contribution in [0.3, 0.4) is 0 Å². The molecule has 88 heavy (non-hydrogen) atoms. The second-order valence-electron chi connectivity index (χ2n) is 23.8. The molecule has 0 bridgehead atoms. The van der Waals surface area contributed by atoms with Crippen LogP contribution in [0.4, 0.5) is 46.0 Å². The fourth-order valence-electron chi connectivity index (χ4n) is 10.0. The Labute approximate surface area is 521 Å². The molecule has 4 fully saturated rings. The van der Waals surface area contributed by atoms with Crippen LogP contribution in [-0.4, -0.2) is 145 Å². The number of thiazole rings is 2. The SMILES string of the molecule is CC(C)OC(=O)NC1CCC(c2ncc(-c3ccc(Nc4ncc[nH]4)cc3S(=O)(=O)N3CCC3)s2)CC1.CC(C)OC(=O)NC1CCC(c2ncc(-c3ccc(Nc4nccn4COCC[Si](C)(C)C)cc3S(=O)(=O)N3CCC3)s2)CC1.O=CC(F)(F)F. The number of hydrogen-bond acceptors (Lipinski definition) is 18. The summed E-state index contributed by atoms with van der Waals surface area (Å²) in [6.07, 6.45) is 12.5. The van der Waals surface area contributed by atoms with Crippen LogP contribution in [0.15, 0.2) is 83.4 Å². The van der Waals surface area contributed by atoms with Crippen LogP contribution in [0, 0.1) is 0 Å². The van der Waals surface area contributed by atoms with Crippen LogP contribution < -0.4 is 21.3 Å². The maximum atomic E-state index is 13.8. The molecule has 2 amide bonds. The molecule has 4 aliphatic rings. The van der Waals surface area contributed by atoms with Crippen molar-refractivity contribution < 1.29 is 58.6 Å². The molecule has 0 spiro atoms. The summed E-state index contributed by atoms with van der Waals surface area (Å²) in [6.45, 7) is 17.5. The summed E-state index contributed by atoms with van der Waals surface area (Å²) in [6, 6.07) is 12.1. The van der Waals surface area contributed by atoms with E-state index in [4.69, 9.17) is 29.0 Å². The second kappa shape index (κ2) is 30.0. The van der Waals surface area contributed by atoms with Gasteiger partial charge >= 0.3 is 18.4 Å². The summed E-state index contributed by atoms with van der Waals surface area (Å²) in [4.78, 5) is 55.9. The lowest BCUT2D eigenvalue weighted by Crippen LogP contribution is -2.42. The Hall–Kier alpha value is -6.28. The van der Waals surface area contributed by atoms with E-state index in [-0.39, 0.29) is 58.1 Å². The summed E-state index contributed by atoms with van der Waals surface area (Å²) in [5, 5.41) is 14.4. The predicted molar refractivity (Wildman–Crippen MR) is 335 cm³/mol. The summed E-state index contributed by atoms with van der Waals surface area (Å²) >= 11 is 3.10. The maximum Gasteiger partial charge on any atom is 0.446 e. The van der Waals surface area contributed by atoms with Crippen molar-refractivity contribution >= 4 is 92.5 Å². The Kier molecular flexibility index (Phi) is 23.1. The van der Waals surface area contributed by atoms with E-state index in [2.05, 4.69) is 55.9 Å². The number of nitrogens with one attached hydrogen (secondary N) is 5. The van der Waals surface area contributed by atoms with Crippen molar-refractivity contribution in [1.82, 2.24) is 48.7 Å². The van der Waals surface area contributed by atoms with Gasteiger partial charge in [0.15, 0.2) is 0 Å². The number of H-pyrrole nitrogens is 1. The molecule has 10 rings (SSSR count). The highest BCUT2D eigenvalue weighted by Gasteiger charge is 2.35. The number of carbonyl (C=O) groups excluding carboxylic acids is 3. The van der Waals surface area contributed by atoms with Crippen LogP contribution in [0.25, 0.3) is 20.9 Å². The Bertz CT molecular complexity index is 3500. The molecule has 30 heteroatoms. The smallest absolute Gasteiger partial charge is 0.446 e. The number of rotatable bonds is 21. The summed E-state index contributed by atoms with van der Waals surface area (Å²) in [5.41, 5.74) is 2.59. The van der Waals surface area contributed by atoms with Crippen LogP contribution in [-0.2, 0) is 45.8 Å². The fraction of sp³-hybridized carbons (Fsp3) is 0.534. The van der Waals surface area contributed by atoms with E-state index in [1.165, 1.54) is 8.61 Å². The Morgan fingerprint density at radius 1 is 0.705 bits per heavy atom. The number of benzene rings is 2. The number of amides is 2. The van der Waals surface area contributed by atoms with Crippen molar-refractivity contribution in [3.8, 4) is 20.9 Å². The van der Waals surface area contributed by atoms with Crippen molar-refractivity contribution in [2.24, 2.45) is 0 Å². The first-order valence-corrected chi connectivity index (χ1v) is 37.8. The van der Waals surface area contributed by atoms with Crippen LogP contribution in [0.1, 0.15) is 114 Å². The largest absolute Gasteiger partial charge is 0.447 e. The molecule has 0 radical (unpaired) electrons. The van der Waals surface area contributed by atoms with Gasteiger partial charge in [0.25, 0.3) is 0 Å². The Morgan fingerprint density at radius 3 is 1.57 bits per heavy atom. The molecule has 2 aliphatic carbocycles. The monoisotopic (exact) mass is 1320 g/mol. The van der Waals surface area contributed by atoms with E-state index in [1.807, 2.05) is 62.7 Å². The summed E-state index contributed by atoms with van der Waals surface area (Å²) < 4.78 is 107. The van der Waals surface area contributed by atoms with Gasteiger partial charge in [0.1, 0.15) is 6.73 Å². The number of hydrogen-bond donors (Lipinski definition) is 5. The number of halogens is 3. The van der Waals surface area contributed by atoms with Gasteiger partial charge in [-0.05, 0) is 122 Å². The molecule has 4 aromatic heterocycles. The molecule has 0 unspecified atom stereocenters. The van der Waals surface area contributed by atoms with Crippen molar-refractivity contribution in [1.29, 1.82) is 0 Å². The molecule has 2 saturated heterocycles. The minimum Gasteiger partial charge on any atom is -0.447 e. The molecular weight excluding hydrogens is 1240 g/mol. The minimum absolute atomic E-state index is 0.0903. The van der Waals surface area contributed by atoms with E-state index in [0.717, 1.165) is 90.0 Å². The predicted octanol–water partition coefficient (Wildman–Crippen LogP) is 12.2.